The quantitative estimate of drug-likeness (QED) is 0.462. The summed E-state index contributed by atoms with van der Waals surface area (Å²) >= 11 is 0. The molecule has 0 aliphatic heterocycles. The van der Waals surface area contributed by atoms with Crippen LogP contribution in [-0.2, 0) is 4.79 Å². The molecule has 6 heteroatoms. The predicted molar refractivity (Wildman–Crippen MR) is 78.4 cm³/mol. The van der Waals surface area contributed by atoms with Gasteiger partial charge in [0.05, 0.1) is 5.71 Å². The van der Waals surface area contributed by atoms with E-state index in [0.717, 1.165) is 12.8 Å². The van der Waals surface area contributed by atoms with Gasteiger partial charge in [-0.2, -0.15) is 0 Å². The molecule has 0 heterocycles. The van der Waals surface area contributed by atoms with E-state index in [1.165, 1.54) is 25.1 Å². The van der Waals surface area contributed by atoms with Gasteiger partial charge in [0.2, 0.25) is 0 Å². The summed E-state index contributed by atoms with van der Waals surface area (Å²) in [4.78, 5) is 11.8. The van der Waals surface area contributed by atoms with Crippen LogP contribution in [0, 0.1) is 5.82 Å². The molecule has 116 valence electrons. The molecule has 0 aromatic heterocycles. The number of oxime groups is 1. The second kappa shape index (κ2) is 8.24. The van der Waals surface area contributed by atoms with Gasteiger partial charge in [-0.15, -0.1) is 0 Å². The van der Waals surface area contributed by atoms with E-state index in [9.17, 15) is 9.18 Å². The van der Waals surface area contributed by atoms with E-state index >= 15 is 0 Å². The van der Waals surface area contributed by atoms with Gasteiger partial charge in [0, 0.05) is 11.6 Å². The number of hydrogen-bond donors (Lipinski definition) is 2. The van der Waals surface area contributed by atoms with Crippen LogP contribution in [0.5, 0.6) is 5.75 Å². The first kappa shape index (κ1) is 16.9. The van der Waals surface area contributed by atoms with Gasteiger partial charge in [-0.1, -0.05) is 19.0 Å². The number of ether oxygens (including phenoxy) is 1. The van der Waals surface area contributed by atoms with E-state index in [-0.39, 0.29) is 24.3 Å². The molecule has 0 aliphatic carbocycles. The zero-order valence-electron chi connectivity index (χ0n) is 12.5. The maximum atomic E-state index is 13.2. The average Bonchev–Trinajstić information content (AvgIpc) is 2.50. The van der Waals surface area contributed by atoms with Crippen molar-refractivity contribution in [2.75, 3.05) is 6.61 Å². The smallest absolute Gasteiger partial charge is 0.258 e. The standard InChI is InChI=1S/C15H21FN2O3/c1-4-12(5-2)17-15(19)9-21-14-7-6-11(16)8-13(14)10(3)18-20/h6-8,12,20H,4-5,9H2,1-3H3,(H,17,19)/b18-10+. The highest BCUT2D eigenvalue weighted by Gasteiger charge is 2.12. The van der Waals surface area contributed by atoms with Crippen LogP contribution >= 0.6 is 0 Å². The number of benzene rings is 1. The van der Waals surface area contributed by atoms with E-state index in [2.05, 4.69) is 10.5 Å². The molecule has 1 aromatic rings. The third-order valence-corrected chi connectivity index (χ3v) is 3.19. The largest absolute Gasteiger partial charge is 0.483 e. The van der Waals surface area contributed by atoms with E-state index in [1.807, 2.05) is 13.8 Å². The Morgan fingerprint density at radius 3 is 2.67 bits per heavy atom. The minimum atomic E-state index is -0.471. The molecule has 1 rings (SSSR count). The molecule has 1 aromatic carbocycles. The third-order valence-electron chi connectivity index (χ3n) is 3.19. The molecule has 0 unspecified atom stereocenters. The van der Waals surface area contributed by atoms with Crippen molar-refractivity contribution in [2.45, 2.75) is 39.7 Å². The fourth-order valence-electron chi connectivity index (χ4n) is 1.87. The van der Waals surface area contributed by atoms with E-state index in [0.29, 0.717) is 11.3 Å². The maximum absolute atomic E-state index is 13.2. The average molecular weight is 296 g/mol. The van der Waals surface area contributed by atoms with Crippen LogP contribution in [0.15, 0.2) is 23.4 Å². The van der Waals surface area contributed by atoms with E-state index in [4.69, 9.17) is 9.94 Å². The zero-order chi connectivity index (χ0) is 15.8. The Morgan fingerprint density at radius 2 is 2.10 bits per heavy atom. The fraction of sp³-hybridized carbons (Fsp3) is 0.467. The summed E-state index contributed by atoms with van der Waals surface area (Å²) in [6, 6.07) is 3.95. The van der Waals surface area contributed by atoms with Crippen LogP contribution in [0.4, 0.5) is 4.39 Å². The van der Waals surface area contributed by atoms with E-state index < -0.39 is 5.82 Å². The summed E-state index contributed by atoms with van der Waals surface area (Å²) in [5, 5.41) is 14.7. The van der Waals surface area contributed by atoms with Gasteiger partial charge >= 0.3 is 0 Å². The van der Waals surface area contributed by atoms with Crippen molar-refractivity contribution < 1.29 is 19.1 Å². The van der Waals surface area contributed by atoms with Gasteiger partial charge in [0.25, 0.3) is 5.91 Å². The van der Waals surface area contributed by atoms with Crippen molar-refractivity contribution in [3.05, 3.63) is 29.6 Å². The Hall–Kier alpha value is -2.11. The zero-order valence-corrected chi connectivity index (χ0v) is 12.5. The molecular formula is C15H21FN2O3. The highest BCUT2D eigenvalue weighted by Crippen LogP contribution is 2.20. The molecule has 2 N–H and O–H groups in total. The molecule has 5 nitrogen and oxygen atoms in total. The predicted octanol–water partition coefficient (Wildman–Crippen LogP) is 2.71. The van der Waals surface area contributed by atoms with Crippen molar-refractivity contribution in [1.82, 2.24) is 5.32 Å². The maximum Gasteiger partial charge on any atom is 0.258 e. The number of carbonyl (C=O) groups excluding carboxylic acids is 1. The summed E-state index contributed by atoms with van der Waals surface area (Å²) in [5.41, 5.74) is 0.526. The summed E-state index contributed by atoms with van der Waals surface area (Å²) in [7, 11) is 0. The van der Waals surface area contributed by atoms with Crippen molar-refractivity contribution in [1.29, 1.82) is 0 Å². The lowest BCUT2D eigenvalue weighted by Crippen LogP contribution is -2.37. The Labute approximate surface area is 123 Å². The first-order chi connectivity index (χ1) is 10.0. The van der Waals surface area contributed by atoms with Crippen LogP contribution in [0.2, 0.25) is 0 Å². The summed E-state index contributed by atoms with van der Waals surface area (Å²) in [6.07, 6.45) is 1.70. The summed E-state index contributed by atoms with van der Waals surface area (Å²) < 4.78 is 18.6. The molecule has 0 saturated heterocycles. The second-order valence-corrected chi connectivity index (χ2v) is 4.70. The van der Waals surface area contributed by atoms with Gasteiger partial charge in [-0.3, -0.25) is 4.79 Å². The molecule has 0 aliphatic rings. The topological polar surface area (TPSA) is 70.9 Å². The highest BCUT2D eigenvalue weighted by atomic mass is 19.1. The molecule has 21 heavy (non-hydrogen) atoms. The SMILES string of the molecule is CCC(CC)NC(=O)COc1ccc(F)cc1/C(C)=N/O. The molecule has 0 fully saturated rings. The van der Waals surface area contributed by atoms with Gasteiger partial charge in [0.1, 0.15) is 11.6 Å². The number of nitrogens with one attached hydrogen (secondary N) is 1. The summed E-state index contributed by atoms with van der Waals surface area (Å²) in [5.74, 6) is -0.411. The van der Waals surface area contributed by atoms with Crippen LogP contribution in [-0.4, -0.2) is 29.5 Å². The van der Waals surface area contributed by atoms with Crippen molar-refractivity contribution in [2.24, 2.45) is 5.16 Å². The highest BCUT2D eigenvalue weighted by molar-refractivity contribution is 6.00. The molecule has 0 atom stereocenters. The number of hydrogen-bond acceptors (Lipinski definition) is 4. The molecule has 0 bridgehead atoms. The second-order valence-electron chi connectivity index (χ2n) is 4.70. The lowest BCUT2D eigenvalue weighted by molar-refractivity contribution is -0.123. The Kier molecular flexibility index (Phi) is 6.65. The van der Waals surface area contributed by atoms with Crippen molar-refractivity contribution in [3.8, 4) is 5.75 Å². The third kappa shape index (κ3) is 5.06. The first-order valence-corrected chi connectivity index (χ1v) is 6.92. The van der Waals surface area contributed by atoms with Crippen LogP contribution in [0.25, 0.3) is 0 Å². The van der Waals surface area contributed by atoms with Gasteiger partial charge in [-0.25, -0.2) is 4.39 Å². The minimum Gasteiger partial charge on any atom is -0.483 e. The molecule has 0 spiro atoms. The molecular weight excluding hydrogens is 275 g/mol. The number of rotatable bonds is 7. The van der Waals surface area contributed by atoms with E-state index in [1.54, 1.807) is 0 Å². The van der Waals surface area contributed by atoms with Crippen LogP contribution in [0.3, 0.4) is 0 Å². The van der Waals surface area contributed by atoms with Gasteiger partial charge < -0.3 is 15.3 Å². The molecule has 0 radical (unpaired) electrons. The minimum absolute atomic E-state index is 0.120. The van der Waals surface area contributed by atoms with Crippen molar-refractivity contribution >= 4 is 11.6 Å². The van der Waals surface area contributed by atoms with Gasteiger partial charge in [0.15, 0.2) is 6.61 Å². The van der Waals surface area contributed by atoms with Crippen molar-refractivity contribution in [3.63, 3.8) is 0 Å². The molecule has 0 saturated carbocycles. The summed E-state index contributed by atoms with van der Waals surface area (Å²) in [6.45, 7) is 5.34. The lowest BCUT2D eigenvalue weighted by Gasteiger charge is -2.16. The Morgan fingerprint density at radius 1 is 1.43 bits per heavy atom. The Bertz CT molecular complexity index is 514. The fourth-order valence-corrected chi connectivity index (χ4v) is 1.87. The van der Waals surface area contributed by atoms with Gasteiger partial charge in [-0.05, 0) is 38.0 Å². The lowest BCUT2D eigenvalue weighted by atomic mass is 10.1. The number of carbonyl (C=O) groups is 1. The normalized spacial score (nSPS) is 11.6. The monoisotopic (exact) mass is 296 g/mol. The first-order valence-electron chi connectivity index (χ1n) is 6.92. The molecule has 1 amide bonds. The Balaban J connectivity index is 2.73. The van der Waals surface area contributed by atoms with Crippen LogP contribution in [0.1, 0.15) is 39.2 Å². The number of nitrogens with zero attached hydrogens (tertiary/aromatic N) is 1. The number of amides is 1. The van der Waals surface area contributed by atoms with Crippen LogP contribution < -0.4 is 10.1 Å². The number of halogens is 1.